The molecule has 0 atom stereocenters. The third kappa shape index (κ3) is 6.15. The Morgan fingerprint density at radius 1 is 1.31 bits per heavy atom. The van der Waals surface area contributed by atoms with Crippen LogP contribution in [-0.2, 0) is 14.8 Å². The zero-order valence-corrected chi connectivity index (χ0v) is 16.4. The number of amides is 2. The van der Waals surface area contributed by atoms with Gasteiger partial charge in [0.2, 0.25) is 10.0 Å². The van der Waals surface area contributed by atoms with Crippen LogP contribution in [0.1, 0.15) is 12.0 Å². The SMILES string of the molecule is Cc1cc(N2CCOCC2)ccc1NC(=O)NCCCN(C)S(C)(=O)=O. The Morgan fingerprint density at radius 2 is 2.00 bits per heavy atom. The number of anilines is 2. The normalized spacial score (nSPS) is 15.2. The summed E-state index contributed by atoms with van der Waals surface area (Å²) in [6.45, 7) is 5.93. The number of hydrogen-bond donors (Lipinski definition) is 2. The maximum Gasteiger partial charge on any atom is 0.319 e. The number of aryl methyl sites for hydroxylation is 1. The lowest BCUT2D eigenvalue weighted by atomic mass is 10.1. The number of carbonyl (C=O) groups is 1. The molecule has 0 bridgehead atoms. The summed E-state index contributed by atoms with van der Waals surface area (Å²) >= 11 is 0. The number of benzene rings is 1. The van der Waals surface area contributed by atoms with Crippen LogP contribution in [0.15, 0.2) is 18.2 Å². The monoisotopic (exact) mass is 384 g/mol. The van der Waals surface area contributed by atoms with Crippen LogP contribution in [-0.4, -0.2) is 71.5 Å². The highest BCUT2D eigenvalue weighted by Gasteiger charge is 2.13. The van der Waals surface area contributed by atoms with Gasteiger partial charge in [-0.25, -0.2) is 17.5 Å². The number of sulfonamides is 1. The summed E-state index contributed by atoms with van der Waals surface area (Å²) in [6, 6.07) is 5.66. The maximum absolute atomic E-state index is 12.0. The Kier molecular flexibility index (Phi) is 7.24. The first-order chi connectivity index (χ1) is 12.3. The number of rotatable bonds is 7. The fourth-order valence-electron chi connectivity index (χ4n) is 2.64. The molecule has 1 heterocycles. The molecule has 8 nitrogen and oxygen atoms in total. The summed E-state index contributed by atoms with van der Waals surface area (Å²) in [7, 11) is -1.66. The van der Waals surface area contributed by atoms with Gasteiger partial charge in [-0.1, -0.05) is 0 Å². The molecular formula is C17H28N4O4S. The van der Waals surface area contributed by atoms with Gasteiger partial charge in [-0.2, -0.15) is 0 Å². The van der Waals surface area contributed by atoms with E-state index >= 15 is 0 Å². The second-order valence-electron chi connectivity index (χ2n) is 6.42. The zero-order valence-electron chi connectivity index (χ0n) is 15.6. The van der Waals surface area contributed by atoms with Crippen molar-refractivity contribution in [1.82, 2.24) is 9.62 Å². The molecule has 1 aromatic rings. The zero-order chi connectivity index (χ0) is 19.2. The maximum atomic E-state index is 12.0. The standard InChI is InChI=1S/C17H28N4O4S/c1-14-13-15(21-9-11-25-12-10-21)5-6-16(14)19-17(22)18-7-4-8-20(2)26(3,23)24/h5-6,13H,4,7-12H2,1-3H3,(H2,18,19,22). The van der Waals surface area contributed by atoms with Gasteiger partial charge >= 0.3 is 6.03 Å². The lowest BCUT2D eigenvalue weighted by Gasteiger charge is -2.29. The van der Waals surface area contributed by atoms with Crippen molar-refractivity contribution in [2.45, 2.75) is 13.3 Å². The van der Waals surface area contributed by atoms with Crippen LogP contribution < -0.4 is 15.5 Å². The molecule has 0 unspecified atom stereocenters. The smallest absolute Gasteiger partial charge is 0.319 e. The number of hydrogen-bond acceptors (Lipinski definition) is 5. The number of ether oxygens (including phenoxy) is 1. The molecule has 1 saturated heterocycles. The Bertz CT molecular complexity index is 717. The van der Waals surface area contributed by atoms with E-state index in [0.29, 0.717) is 19.5 Å². The van der Waals surface area contributed by atoms with Crippen LogP contribution in [0.2, 0.25) is 0 Å². The Hall–Kier alpha value is -1.84. The summed E-state index contributed by atoms with van der Waals surface area (Å²) in [6.07, 6.45) is 1.71. The number of morpholine rings is 1. The highest BCUT2D eigenvalue weighted by molar-refractivity contribution is 7.88. The van der Waals surface area contributed by atoms with Gasteiger partial charge in [0.15, 0.2) is 0 Å². The van der Waals surface area contributed by atoms with E-state index in [2.05, 4.69) is 21.6 Å². The molecule has 0 saturated carbocycles. The Morgan fingerprint density at radius 3 is 2.62 bits per heavy atom. The van der Waals surface area contributed by atoms with E-state index in [1.807, 2.05) is 19.1 Å². The Labute approximate surface area is 155 Å². The van der Waals surface area contributed by atoms with Gasteiger partial charge in [0, 0.05) is 44.6 Å². The van der Waals surface area contributed by atoms with Gasteiger partial charge < -0.3 is 20.3 Å². The molecule has 1 aliphatic rings. The minimum Gasteiger partial charge on any atom is -0.378 e. The lowest BCUT2D eigenvalue weighted by Crippen LogP contribution is -2.36. The lowest BCUT2D eigenvalue weighted by molar-refractivity contribution is 0.122. The van der Waals surface area contributed by atoms with Crippen LogP contribution in [0.4, 0.5) is 16.2 Å². The first-order valence-electron chi connectivity index (χ1n) is 8.67. The quantitative estimate of drug-likeness (QED) is 0.690. The molecule has 9 heteroatoms. The van der Waals surface area contributed by atoms with Gasteiger partial charge in [-0.15, -0.1) is 0 Å². The summed E-state index contributed by atoms with van der Waals surface area (Å²) < 4.78 is 29.2. The van der Waals surface area contributed by atoms with E-state index in [1.54, 1.807) is 0 Å². The van der Waals surface area contributed by atoms with Crippen molar-refractivity contribution in [3.05, 3.63) is 23.8 Å². The van der Waals surface area contributed by atoms with Crippen LogP contribution in [0.5, 0.6) is 0 Å². The summed E-state index contributed by atoms with van der Waals surface area (Å²) in [5, 5.41) is 5.58. The molecule has 0 aromatic heterocycles. The second kappa shape index (κ2) is 9.20. The van der Waals surface area contributed by atoms with E-state index in [4.69, 9.17) is 4.74 Å². The predicted octanol–water partition coefficient (Wildman–Crippen LogP) is 1.23. The fourth-order valence-corrected chi connectivity index (χ4v) is 3.10. The number of urea groups is 1. The number of nitrogens with zero attached hydrogens (tertiary/aromatic N) is 2. The highest BCUT2D eigenvalue weighted by atomic mass is 32.2. The van der Waals surface area contributed by atoms with Crippen LogP contribution >= 0.6 is 0 Å². The topological polar surface area (TPSA) is 91.0 Å². The molecule has 1 aromatic carbocycles. The van der Waals surface area contributed by atoms with Crippen molar-refractivity contribution in [2.75, 3.05) is 62.9 Å². The average molecular weight is 385 g/mol. The molecule has 0 spiro atoms. The van der Waals surface area contributed by atoms with E-state index in [0.717, 1.165) is 49.5 Å². The predicted molar refractivity (Wildman–Crippen MR) is 103 cm³/mol. The van der Waals surface area contributed by atoms with Gasteiger partial charge in [-0.3, -0.25) is 0 Å². The number of nitrogens with one attached hydrogen (secondary N) is 2. The minimum absolute atomic E-state index is 0.297. The molecular weight excluding hydrogens is 356 g/mol. The molecule has 0 radical (unpaired) electrons. The molecule has 2 N–H and O–H groups in total. The van der Waals surface area contributed by atoms with E-state index in [9.17, 15) is 13.2 Å². The van der Waals surface area contributed by atoms with Gasteiger partial charge in [0.05, 0.1) is 19.5 Å². The number of carbonyl (C=O) groups excluding carboxylic acids is 1. The van der Waals surface area contributed by atoms with E-state index in [1.165, 1.54) is 11.4 Å². The van der Waals surface area contributed by atoms with Crippen molar-refractivity contribution in [1.29, 1.82) is 0 Å². The molecule has 1 fully saturated rings. The van der Waals surface area contributed by atoms with Crippen molar-refractivity contribution in [3.63, 3.8) is 0 Å². The van der Waals surface area contributed by atoms with Gasteiger partial charge in [0.1, 0.15) is 0 Å². The first kappa shape index (κ1) is 20.5. The molecule has 26 heavy (non-hydrogen) atoms. The van der Waals surface area contributed by atoms with Crippen LogP contribution in [0, 0.1) is 6.92 Å². The first-order valence-corrected chi connectivity index (χ1v) is 10.5. The van der Waals surface area contributed by atoms with Gasteiger partial charge in [-0.05, 0) is 37.1 Å². The van der Waals surface area contributed by atoms with Crippen molar-refractivity contribution in [3.8, 4) is 0 Å². The third-order valence-corrected chi connectivity index (χ3v) is 5.65. The van der Waals surface area contributed by atoms with Crippen molar-refractivity contribution in [2.24, 2.45) is 0 Å². The molecule has 1 aliphatic heterocycles. The second-order valence-corrected chi connectivity index (χ2v) is 8.51. The van der Waals surface area contributed by atoms with Crippen molar-refractivity contribution >= 4 is 27.4 Å². The van der Waals surface area contributed by atoms with E-state index in [-0.39, 0.29) is 6.03 Å². The largest absolute Gasteiger partial charge is 0.378 e. The molecule has 0 aliphatic carbocycles. The summed E-state index contributed by atoms with van der Waals surface area (Å²) in [4.78, 5) is 14.3. The molecule has 2 rings (SSSR count). The average Bonchev–Trinajstić information content (AvgIpc) is 2.60. The van der Waals surface area contributed by atoms with Crippen LogP contribution in [0.25, 0.3) is 0 Å². The van der Waals surface area contributed by atoms with Gasteiger partial charge in [0.25, 0.3) is 0 Å². The molecule has 2 amide bonds. The fraction of sp³-hybridized carbons (Fsp3) is 0.588. The van der Waals surface area contributed by atoms with Crippen LogP contribution in [0.3, 0.4) is 0 Å². The summed E-state index contributed by atoms with van der Waals surface area (Å²) in [5.41, 5.74) is 2.87. The highest BCUT2D eigenvalue weighted by Crippen LogP contribution is 2.23. The van der Waals surface area contributed by atoms with Crippen molar-refractivity contribution < 1.29 is 17.9 Å². The summed E-state index contributed by atoms with van der Waals surface area (Å²) in [5.74, 6) is 0. The Balaban J connectivity index is 1.79. The molecule has 146 valence electrons. The third-order valence-electron chi connectivity index (χ3n) is 4.34. The minimum atomic E-state index is -3.18. The van der Waals surface area contributed by atoms with E-state index < -0.39 is 10.0 Å².